The molecule has 30 heavy (non-hydrogen) atoms. The van der Waals surface area contributed by atoms with Gasteiger partial charge in [0, 0.05) is 16.7 Å². The van der Waals surface area contributed by atoms with Gasteiger partial charge < -0.3 is 13.6 Å². The average Bonchev–Trinajstić information content (AvgIpc) is 3.48. The number of methoxy groups -OCH3 is 1. The molecule has 0 saturated carbocycles. The smallest absolute Gasteiger partial charge is 0.145 e. The molecule has 0 aliphatic heterocycles. The fraction of sp³-hybridized carbons (Fsp3) is 0.0370. The van der Waals surface area contributed by atoms with Crippen molar-refractivity contribution in [1.82, 2.24) is 0 Å². The fourth-order valence-electron chi connectivity index (χ4n) is 3.62. The summed E-state index contributed by atoms with van der Waals surface area (Å²) in [6, 6.07) is 32.3. The number of hydrogen-bond donors (Lipinski definition) is 0. The van der Waals surface area contributed by atoms with E-state index in [0.29, 0.717) is 0 Å². The standard InChI is InChI=1S/C27H20O3/c1-28-22-14-12-19(13-15-22)23-16-17-29-27(23)24-18-25(20-8-4-2-5-9-20)30-26(24)21-10-6-3-7-11-21/h2-18H,1H3. The minimum absolute atomic E-state index is 0.782. The highest BCUT2D eigenvalue weighted by molar-refractivity contribution is 5.89. The lowest BCUT2D eigenvalue weighted by atomic mass is 9.99. The third kappa shape index (κ3) is 3.31. The molecule has 2 heterocycles. The second-order valence-electron chi connectivity index (χ2n) is 6.98. The van der Waals surface area contributed by atoms with Crippen molar-refractivity contribution in [2.45, 2.75) is 0 Å². The first-order valence-electron chi connectivity index (χ1n) is 9.80. The highest BCUT2D eigenvalue weighted by Crippen LogP contribution is 2.43. The van der Waals surface area contributed by atoms with Crippen LogP contribution in [0.15, 0.2) is 112 Å². The number of benzene rings is 3. The zero-order valence-corrected chi connectivity index (χ0v) is 16.5. The van der Waals surface area contributed by atoms with E-state index < -0.39 is 0 Å². The minimum Gasteiger partial charge on any atom is -0.497 e. The largest absolute Gasteiger partial charge is 0.497 e. The first-order valence-corrected chi connectivity index (χ1v) is 9.80. The summed E-state index contributed by atoms with van der Waals surface area (Å²) in [6.45, 7) is 0. The van der Waals surface area contributed by atoms with Gasteiger partial charge in [0.05, 0.1) is 18.9 Å². The van der Waals surface area contributed by atoms with Crippen molar-refractivity contribution in [3.63, 3.8) is 0 Å². The average molecular weight is 392 g/mol. The zero-order chi connectivity index (χ0) is 20.3. The van der Waals surface area contributed by atoms with Crippen molar-refractivity contribution in [3.8, 4) is 50.8 Å². The van der Waals surface area contributed by atoms with Crippen molar-refractivity contribution >= 4 is 0 Å². The SMILES string of the molecule is COc1ccc(-c2ccoc2-c2cc(-c3ccccc3)oc2-c2ccccc2)cc1. The van der Waals surface area contributed by atoms with Gasteiger partial charge in [-0.15, -0.1) is 0 Å². The van der Waals surface area contributed by atoms with Crippen LogP contribution in [0.3, 0.4) is 0 Å². The predicted octanol–water partition coefficient (Wildman–Crippen LogP) is 7.55. The number of rotatable bonds is 5. The van der Waals surface area contributed by atoms with Gasteiger partial charge in [-0.25, -0.2) is 0 Å². The Labute approximate surface area is 175 Å². The molecule has 0 N–H and O–H groups in total. The fourth-order valence-corrected chi connectivity index (χ4v) is 3.62. The molecular weight excluding hydrogens is 372 g/mol. The molecule has 0 fully saturated rings. The van der Waals surface area contributed by atoms with E-state index in [0.717, 1.165) is 50.8 Å². The van der Waals surface area contributed by atoms with E-state index in [2.05, 4.69) is 6.07 Å². The highest BCUT2D eigenvalue weighted by Gasteiger charge is 2.21. The lowest BCUT2D eigenvalue weighted by molar-refractivity contribution is 0.415. The van der Waals surface area contributed by atoms with E-state index in [1.807, 2.05) is 91.0 Å². The van der Waals surface area contributed by atoms with Crippen LogP contribution in [0.5, 0.6) is 5.75 Å². The monoisotopic (exact) mass is 392 g/mol. The number of ether oxygens (including phenoxy) is 1. The number of hydrogen-bond acceptors (Lipinski definition) is 3. The first kappa shape index (κ1) is 18.1. The second kappa shape index (κ2) is 7.80. The molecule has 5 rings (SSSR count). The Bertz CT molecular complexity index is 1250. The van der Waals surface area contributed by atoms with Crippen LogP contribution in [0.1, 0.15) is 0 Å². The van der Waals surface area contributed by atoms with Crippen LogP contribution in [-0.2, 0) is 0 Å². The van der Waals surface area contributed by atoms with Gasteiger partial charge in [0.15, 0.2) is 0 Å². The Hall–Kier alpha value is -3.98. The van der Waals surface area contributed by atoms with E-state index in [-0.39, 0.29) is 0 Å². The third-order valence-electron chi connectivity index (χ3n) is 5.14. The minimum atomic E-state index is 0.782. The maximum absolute atomic E-state index is 6.36. The molecule has 0 aliphatic rings. The molecule has 3 aromatic carbocycles. The van der Waals surface area contributed by atoms with Crippen LogP contribution in [0.25, 0.3) is 45.1 Å². The molecular formula is C27H20O3. The van der Waals surface area contributed by atoms with E-state index in [4.69, 9.17) is 13.6 Å². The third-order valence-corrected chi connectivity index (χ3v) is 5.14. The van der Waals surface area contributed by atoms with Crippen molar-refractivity contribution < 1.29 is 13.6 Å². The predicted molar refractivity (Wildman–Crippen MR) is 119 cm³/mol. The van der Waals surface area contributed by atoms with Crippen molar-refractivity contribution in [3.05, 3.63) is 103 Å². The van der Waals surface area contributed by atoms with Gasteiger partial charge >= 0.3 is 0 Å². The van der Waals surface area contributed by atoms with E-state index in [9.17, 15) is 0 Å². The Kier molecular flexibility index (Phi) is 4.70. The molecule has 2 aromatic heterocycles. The Morgan fingerprint density at radius 2 is 1.27 bits per heavy atom. The summed E-state index contributed by atoms with van der Waals surface area (Å²) < 4.78 is 17.6. The molecule has 5 aromatic rings. The van der Waals surface area contributed by atoms with Gasteiger partial charge in [-0.05, 0) is 29.8 Å². The molecule has 0 unspecified atom stereocenters. The second-order valence-corrected chi connectivity index (χ2v) is 6.98. The molecule has 3 nitrogen and oxygen atoms in total. The maximum atomic E-state index is 6.36. The van der Waals surface area contributed by atoms with Crippen LogP contribution in [0, 0.1) is 0 Å². The van der Waals surface area contributed by atoms with Crippen LogP contribution < -0.4 is 4.74 Å². The highest BCUT2D eigenvalue weighted by atomic mass is 16.5. The van der Waals surface area contributed by atoms with Crippen LogP contribution >= 0.6 is 0 Å². The molecule has 0 spiro atoms. The van der Waals surface area contributed by atoms with Gasteiger partial charge in [0.2, 0.25) is 0 Å². The van der Waals surface area contributed by atoms with Crippen LogP contribution in [-0.4, -0.2) is 7.11 Å². The summed E-state index contributed by atoms with van der Waals surface area (Å²) in [5.74, 6) is 3.20. The van der Waals surface area contributed by atoms with E-state index in [1.165, 1.54) is 0 Å². The maximum Gasteiger partial charge on any atom is 0.145 e. The zero-order valence-electron chi connectivity index (χ0n) is 16.5. The Balaban J connectivity index is 1.67. The first-order chi connectivity index (χ1) is 14.8. The summed E-state index contributed by atoms with van der Waals surface area (Å²) in [5.41, 5.74) is 5.03. The molecule has 146 valence electrons. The van der Waals surface area contributed by atoms with Crippen LogP contribution in [0.2, 0.25) is 0 Å². The number of furan rings is 2. The van der Waals surface area contributed by atoms with Gasteiger partial charge in [-0.3, -0.25) is 0 Å². The van der Waals surface area contributed by atoms with Crippen molar-refractivity contribution in [2.75, 3.05) is 7.11 Å². The van der Waals surface area contributed by atoms with Gasteiger partial charge in [-0.1, -0.05) is 72.8 Å². The molecule has 0 radical (unpaired) electrons. The molecule has 0 atom stereocenters. The van der Waals surface area contributed by atoms with E-state index in [1.54, 1.807) is 13.4 Å². The summed E-state index contributed by atoms with van der Waals surface area (Å²) in [5, 5.41) is 0. The topological polar surface area (TPSA) is 35.5 Å². The molecule has 0 amide bonds. The lowest BCUT2D eigenvalue weighted by Crippen LogP contribution is -1.84. The van der Waals surface area contributed by atoms with Crippen LogP contribution in [0.4, 0.5) is 0 Å². The molecule has 3 heteroatoms. The normalized spacial score (nSPS) is 10.8. The van der Waals surface area contributed by atoms with Crippen molar-refractivity contribution in [1.29, 1.82) is 0 Å². The lowest BCUT2D eigenvalue weighted by Gasteiger charge is -2.05. The summed E-state index contributed by atoms with van der Waals surface area (Å²) >= 11 is 0. The summed E-state index contributed by atoms with van der Waals surface area (Å²) in [6.07, 6.45) is 1.72. The Morgan fingerprint density at radius 1 is 0.600 bits per heavy atom. The molecule has 0 aliphatic carbocycles. The molecule has 0 bridgehead atoms. The summed E-state index contributed by atoms with van der Waals surface area (Å²) in [7, 11) is 1.67. The van der Waals surface area contributed by atoms with Gasteiger partial charge in [0.25, 0.3) is 0 Å². The Morgan fingerprint density at radius 3 is 1.93 bits per heavy atom. The van der Waals surface area contributed by atoms with Gasteiger partial charge in [0.1, 0.15) is 23.0 Å². The van der Waals surface area contributed by atoms with E-state index >= 15 is 0 Å². The van der Waals surface area contributed by atoms with Crippen molar-refractivity contribution in [2.24, 2.45) is 0 Å². The van der Waals surface area contributed by atoms with Gasteiger partial charge in [-0.2, -0.15) is 0 Å². The molecule has 0 saturated heterocycles. The quantitative estimate of drug-likeness (QED) is 0.310. The summed E-state index contributed by atoms with van der Waals surface area (Å²) in [4.78, 5) is 0.